The van der Waals surface area contributed by atoms with Crippen LogP contribution in [-0.4, -0.2) is 18.1 Å². The molecule has 0 bridgehead atoms. The third kappa shape index (κ3) is 6.08. The molecule has 0 N–H and O–H groups in total. The van der Waals surface area contributed by atoms with E-state index in [1.165, 1.54) is 22.1 Å². The second-order valence-electron chi connectivity index (χ2n) is 4.68. The van der Waals surface area contributed by atoms with E-state index >= 15 is 0 Å². The second-order valence-corrected chi connectivity index (χ2v) is 21.7. The number of esters is 1. The van der Waals surface area contributed by atoms with Gasteiger partial charge in [0.25, 0.3) is 0 Å². The Morgan fingerprint density at radius 2 is 1.96 bits per heavy atom. The number of nitrogens with zero attached hydrogens (tertiary/aromatic N) is 1. The van der Waals surface area contributed by atoms with E-state index in [2.05, 4.69) is 79.5 Å². The summed E-state index contributed by atoms with van der Waals surface area (Å²) in [7, 11) is 1.38. The number of ether oxygens (including phenoxy) is 1. The Morgan fingerprint density at radius 3 is 2.60 bits per heavy atom. The highest BCUT2D eigenvalue weighted by molar-refractivity contribution is 9.93. The number of halogens is 4. The molecule has 0 fully saturated rings. The molecule has 0 amide bonds. The van der Waals surface area contributed by atoms with Gasteiger partial charge >= 0.3 is 5.97 Å². The molecule has 0 aliphatic heterocycles. The maximum atomic E-state index is 11.7. The van der Waals surface area contributed by atoms with Gasteiger partial charge in [0.1, 0.15) is 4.03 Å². The fourth-order valence-electron chi connectivity index (χ4n) is 2.21. The van der Waals surface area contributed by atoms with Crippen LogP contribution in [0.1, 0.15) is 15.2 Å². The second kappa shape index (κ2) is 10.5. The van der Waals surface area contributed by atoms with Crippen LogP contribution >= 0.6 is 77.8 Å². The van der Waals surface area contributed by atoms with Crippen LogP contribution in [0.2, 0.25) is 0 Å². The van der Waals surface area contributed by atoms with Gasteiger partial charge in [0, 0.05) is 26.7 Å². The van der Waals surface area contributed by atoms with Crippen molar-refractivity contribution in [3.8, 4) is 11.3 Å². The molecule has 0 unspecified atom stereocenters. The zero-order valence-electron chi connectivity index (χ0n) is 12.9. The monoisotopic (exact) mass is 629 g/mol. The van der Waals surface area contributed by atoms with Crippen LogP contribution in [0, 0.1) is 0 Å². The minimum atomic E-state index is -0.349. The number of methoxy groups -OCH3 is 1. The van der Waals surface area contributed by atoms with Crippen LogP contribution in [0.5, 0.6) is 0 Å². The zero-order chi connectivity index (χ0) is 18.4. The van der Waals surface area contributed by atoms with Gasteiger partial charge in [0.15, 0.2) is 0 Å². The number of alkyl halides is 1. The molecular formula is C16H12Br4NO2PS. The summed E-state index contributed by atoms with van der Waals surface area (Å²) in [6.07, 6.45) is 1.64. The zero-order valence-corrected chi connectivity index (χ0v) is 20.9. The highest BCUT2D eigenvalue weighted by atomic mass is 80.0. The van der Waals surface area contributed by atoms with Gasteiger partial charge in [-0.3, -0.25) is 4.98 Å². The third-order valence-electron chi connectivity index (χ3n) is 3.18. The summed E-state index contributed by atoms with van der Waals surface area (Å²) in [5.74, 6) is -0.349. The molecule has 0 radical (unpaired) electrons. The fourth-order valence-corrected chi connectivity index (χ4v) is 3.74. The molecule has 3 rings (SSSR count). The largest absolute Gasteiger partial charge is 0.465 e. The van der Waals surface area contributed by atoms with Crippen molar-refractivity contribution in [1.29, 1.82) is 0 Å². The molecule has 1 aromatic carbocycles. The van der Waals surface area contributed by atoms with Crippen molar-refractivity contribution in [2.45, 2.75) is 5.33 Å². The Balaban J connectivity index is 0.000000511. The number of carbonyl (C=O) groups is 1. The number of carbonyl (C=O) groups excluding carboxylic acids is 1. The topological polar surface area (TPSA) is 39.2 Å². The van der Waals surface area contributed by atoms with Crippen LogP contribution in [0.25, 0.3) is 21.3 Å². The average Bonchev–Trinajstić information content (AvgIpc) is 3.04. The first-order valence-corrected chi connectivity index (χ1v) is 16.2. The molecule has 0 atom stereocenters. The first kappa shape index (κ1) is 21.5. The number of fused-ring (bicyclic) bond motifs is 1. The summed E-state index contributed by atoms with van der Waals surface area (Å²) < 4.78 is 5.76. The molecule has 9 heteroatoms. The lowest BCUT2D eigenvalue weighted by Gasteiger charge is -2.04. The van der Waals surface area contributed by atoms with Gasteiger partial charge in [-0.1, -0.05) is 34.1 Å². The van der Waals surface area contributed by atoms with Crippen molar-refractivity contribution >= 4 is 93.8 Å². The van der Waals surface area contributed by atoms with E-state index in [4.69, 9.17) is 4.74 Å². The van der Waals surface area contributed by atoms with E-state index in [9.17, 15) is 4.79 Å². The predicted octanol–water partition coefficient (Wildman–Crippen LogP) is 8.04. The lowest BCUT2D eigenvalue weighted by atomic mass is 10.1. The van der Waals surface area contributed by atoms with E-state index in [1.807, 2.05) is 12.1 Å². The maximum absolute atomic E-state index is 11.7. The minimum absolute atomic E-state index is 0.183. The third-order valence-corrected chi connectivity index (χ3v) is 5.34. The van der Waals surface area contributed by atoms with Gasteiger partial charge < -0.3 is 4.74 Å². The van der Waals surface area contributed by atoms with Crippen molar-refractivity contribution < 1.29 is 9.53 Å². The van der Waals surface area contributed by atoms with E-state index in [-0.39, 0.29) is 10.00 Å². The number of benzene rings is 1. The number of hydrogen-bond donors (Lipinski definition) is 0. The summed E-state index contributed by atoms with van der Waals surface area (Å²) >= 11 is 14.7. The number of hydrogen-bond acceptors (Lipinski definition) is 4. The highest BCUT2D eigenvalue weighted by Gasteiger charge is 2.11. The lowest BCUT2D eigenvalue weighted by Crippen LogP contribution is -2.01. The van der Waals surface area contributed by atoms with E-state index in [0.29, 0.717) is 5.56 Å². The molecular weight excluding hydrogens is 621 g/mol. The molecule has 0 saturated heterocycles. The number of thiophene rings is 1. The van der Waals surface area contributed by atoms with E-state index in [0.717, 1.165) is 16.6 Å². The Kier molecular flexibility index (Phi) is 8.99. The molecule has 0 aliphatic carbocycles. The lowest BCUT2D eigenvalue weighted by molar-refractivity contribution is 0.0600. The van der Waals surface area contributed by atoms with Crippen LogP contribution in [0.15, 0.2) is 42.6 Å². The molecule has 2 heterocycles. The van der Waals surface area contributed by atoms with E-state index < -0.39 is 0 Å². The summed E-state index contributed by atoms with van der Waals surface area (Å²) in [4.78, 5) is 17.3. The highest BCUT2D eigenvalue weighted by Crippen LogP contribution is 2.59. The molecule has 2 aromatic heterocycles. The van der Waals surface area contributed by atoms with Gasteiger partial charge in [0.05, 0.1) is 18.4 Å². The van der Waals surface area contributed by atoms with Gasteiger partial charge in [-0.15, -0.1) is 11.3 Å². The van der Waals surface area contributed by atoms with Crippen LogP contribution in [0.3, 0.4) is 0 Å². The SMILES string of the molecule is BrP(Br)Br.COC(=O)c1ccnc(-c2cccc3cc(CBr)sc23)c1. The van der Waals surface area contributed by atoms with Crippen molar-refractivity contribution in [1.82, 2.24) is 4.98 Å². The molecule has 25 heavy (non-hydrogen) atoms. The minimum Gasteiger partial charge on any atom is -0.465 e. The molecule has 0 spiro atoms. The normalized spacial score (nSPS) is 10.5. The Morgan fingerprint density at radius 1 is 1.24 bits per heavy atom. The van der Waals surface area contributed by atoms with Crippen molar-refractivity contribution in [2.24, 2.45) is 0 Å². The smallest absolute Gasteiger partial charge is 0.337 e. The van der Waals surface area contributed by atoms with Gasteiger partial charge in [0.2, 0.25) is 0 Å². The van der Waals surface area contributed by atoms with E-state index in [1.54, 1.807) is 29.7 Å². The first-order chi connectivity index (χ1) is 12.0. The van der Waals surface area contributed by atoms with Crippen molar-refractivity contribution in [2.75, 3.05) is 7.11 Å². The Labute approximate surface area is 183 Å². The molecule has 0 saturated carbocycles. The van der Waals surface area contributed by atoms with Crippen LogP contribution < -0.4 is 0 Å². The summed E-state index contributed by atoms with van der Waals surface area (Å²) in [6.45, 7) is 0. The van der Waals surface area contributed by atoms with Gasteiger partial charge in [-0.25, -0.2) is 4.79 Å². The van der Waals surface area contributed by atoms with Crippen molar-refractivity contribution in [3.05, 3.63) is 53.0 Å². The Hall–Kier alpha value is 0.150. The fraction of sp³-hybridized carbons (Fsp3) is 0.125. The molecule has 0 aliphatic rings. The number of pyridine rings is 1. The van der Waals surface area contributed by atoms with Gasteiger partial charge in [-0.05, 0) is 70.1 Å². The standard InChI is InChI=1S/C16H12BrNO2S.Br3P/c1-20-16(19)11-5-6-18-14(8-11)13-4-2-3-10-7-12(9-17)21-15(10)13;1-4(2)3/h2-8H,9H2,1H3;. The average molecular weight is 633 g/mol. The molecule has 3 aromatic rings. The summed E-state index contributed by atoms with van der Waals surface area (Å²) in [5.41, 5.74) is 2.33. The van der Waals surface area contributed by atoms with Crippen molar-refractivity contribution in [3.63, 3.8) is 0 Å². The predicted molar refractivity (Wildman–Crippen MR) is 123 cm³/mol. The summed E-state index contributed by atoms with van der Waals surface area (Å²) in [5, 5.41) is 2.03. The summed E-state index contributed by atoms with van der Waals surface area (Å²) in [6, 6.07) is 11.7. The maximum Gasteiger partial charge on any atom is 0.337 e. The number of rotatable bonds is 3. The quantitative estimate of drug-likeness (QED) is 0.167. The van der Waals surface area contributed by atoms with Crippen LogP contribution in [0.4, 0.5) is 0 Å². The van der Waals surface area contributed by atoms with Gasteiger partial charge in [-0.2, -0.15) is 0 Å². The Bertz CT molecular complexity index is 869. The molecule has 132 valence electrons. The van der Waals surface area contributed by atoms with Crippen LogP contribution in [-0.2, 0) is 10.1 Å². The number of aromatic nitrogens is 1. The first-order valence-electron chi connectivity index (χ1n) is 6.86. The molecule has 3 nitrogen and oxygen atoms in total.